The Bertz CT molecular complexity index is 270. The van der Waals surface area contributed by atoms with Gasteiger partial charge >= 0.3 is 0 Å². The molecule has 0 saturated carbocycles. The molecule has 3 nitrogen and oxygen atoms in total. The maximum atomic E-state index is 5.52. The highest BCUT2D eigenvalue weighted by atomic mass is 16.5. The van der Waals surface area contributed by atoms with Crippen LogP contribution in [0.3, 0.4) is 0 Å². The van der Waals surface area contributed by atoms with Crippen molar-refractivity contribution in [1.82, 2.24) is 5.32 Å². The molecule has 0 aliphatic rings. The van der Waals surface area contributed by atoms with Crippen LogP contribution in [0.1, 0.15) is 31.4 Å². The number of methoxy groups -OCH3 is 1. The van der Waals surface area contributed by atoms with Crippen molar-refractivity contribution in [3.8, 4) is 0 Å². The van der Waals surface area contributed by atoms with Gasteiger partial charge in [0.1, 0.15) is 11.5 Å². The molecule has 0 amide bonds. The topological polar surface area (TPSA) is 34.4 Å². The Morgan fingerprint density at radius 1 is 1.43 bits per heavy atom. The minimum Gasteiger partial charge on any atom is -0.465 e. The molecule has 1 heterocycles. The molecule has 80 valence electrons. The molecular formula is C11H19NO2. The first-order valence-corrected chi connectivity index (χ1v) is 4.94. The molecule has 0 saturated heterocycles. The quantitative estimate of drug-likeness (QED) is 0.786. The molecule has 1 rings (SSSR count). The van der Waals surface area contributed by atoms with Gasteiger partial charge in [-0.15, -0.1) is 0 Å². The third-order valence-corrected chi connectivity index (χ3v) is 2.14. The molecule has 0 unspecified atom stereocenters. The van der Waals surface area contributed by atoms with E-state index >= 15 is 0 Å². The summed E-state index contributed by atoms with van der Waals surface area (Å²) in [5, 5.41) is 3.39. The average Bonchev–Trinajstić information content (AvgIpc) is 2.52. The molecule has 1 aromatic heterocycles. The van der Waals surface area contributed by atoms with Crippen LogP contribution in [-0.2, 0) is 4.74 Å². The summed E-state index contributed by atoms with van der Waals surface area (Å²) < 4.78 is 10.6. The van der Waals surface area contributed by atoms with Gasteiger partial charge in [0.15, 0.2) is 0 Å². The van der Waals surface area contributed by atoms with Crippen LogP contribution in [0, 0.1) is 6.92 Å². The van der Waals surface area contributed by atoms with E-state index in [9.17, 15) is 0 Å². The van der Waals surface area contributed by atoms with Crippen molar-refractivity contribution in [3.05, 3.63) is 23.7 Å². The Labute approximate surface area is 85.4 Å². The lowest BCUT2D eigenvalue weighted by Crippen LogP contribution is -2.32. The van der Waals surface area contributed by atoms with Crippen LogP contribution < -0.4 is 5.32 Å². The Morgan fingerprint density at radius 2 is 2.14 bits per heavy atom. The van der Waals surface area contributed by atoms with E-state index in [1.807, 2.05) is 19.1 Å². The standard InChI is InChI=1S/C11H19NO2/c1-8(7-13-4)12-10(3)11-6-5-9(2)14-11/h5-6,8,10,12H,7H2,1-4H3/t8-,10-/m0/s1. The normalized spacial score (nSPS) is 15.4. The van der Waals surface area contributed by atoms with Crippen LogP contribution in [0.2, 0.25) is 0 Å². The van der Waals surface area contributed by atoms with E-state index in [1.54, 1.807) is 7.11 Å². The molecule has 0 aliphatic carbocycles. The largest absolute Gasteiger partial charge is 0.465 e. The van der Waals surface area contributed by atoms with Crippen molar-refractivity contribution in [1.29, 1.82) is 0 Å². The predicted molar refractivity (Wildman–Crippen MR) is 56.3 cm³/mol. The van der Waals surface area contributed by atoms with Gasteiger partial charge < -0.3 is 14.5 Å². The van der Waals surface area contributed by atoms with Crippen molar-refractivity contribution < 1.29 is 9.15 Å². The number of furan rings is 1. The van der Waals surface area contributed by atoms with Crippen molar-refractivity contribution in [2.45, 2.75) is 32.9 Å². The lowest BCUT2D eigenvalue weighted by molar-refractivity contribution is 0.165. The van der Waals surface area contributed by atoms with E-state index in [0.29, 0.717) is 12.6 Å². The zero-order chi connectivity index (χ0) is 10.6. The number of hydrogen-bond donors (Lipinski definition) is 1. The number of aryl methyl sites for hydroxylation is 1. The first kappa shape index (κ1) is 11.3. The van der Waals surface area contributed by atoms with E-state index in [2.05, 4.69) is 19.2 Å². The third-order valence-electron chi connectivity index (χ3n) is 2.14. The summed E-state index contributed by atoms with van der Waals surface area (Å²) in [6, 6.07) is 4.55. The molecule has 1 aromatic rings. The van der Waals surface area contributed by atoms with Gasteiger partial charge in [-0.3, -0.25) is 0 Å². The monoisotopic (exact) mass is 197 g/mol. The van der Waals surface area contributed by atoms with Crippen LogP contribution in [0.25, 0.3) is 0 Å². The number of nitrogens with one attached hydrogen (secondary N) is 1. The second kappa shape index (κ2) is 5.17. The molecule has 2 atom stereocenters. The summed E-state index contributed by atoms with van der Waals surface area (Å²) in [6.45, 7) is 6.85. The van der Waals surface area contributed by atoms with Gasteiger partial charge in [0.05, 0.1) is 12.6 Å². The minimum atomic E-state index is 0.230. The van der Waals surface area contributed by atoms with Gasteiger partial charge in [-0.25, -0.2) is 0 Å². The Kier molecular flexibility index (Phi) is 4.17. The maximum absolute atomic E-state index is 5.52. The molecule has 1 N–H and O–H groups in total. The van der Waals surface area contributed by atoms with Crippen molar-refractivity contribution >= 4 is 0 Å². The first-order valence-electron chi connectivity index (χ1n) is 4.94. The highest BCUT2D eigenvalue weighted by Crippen LogP contribution is 2.15. The van der Waals surface area contributed by atoms with E-state index in [-0.39, 0.29) is 6.04 Å². The highest BCUT2D eigenvalue weighted by Gasteiger charge is 2.11. The number of ether oxygens (including phenoxy) is 1. The summed E-state index contributed by atoms with van der Waals surface area (Å²) in [4.78, 5) is 0. The van der Waals surface area contributed by atoms with Crippen LogP contribution in [-0.4, -0.2) is 19.8 Å². The lowest BCUT2D eigenvalue weighted by Gasteiger charge is -2.17. The Balaban J connectivity index is 2.45. The molecule has 3 heteroatoms. The van der Waals surface area contributed by atoms with Crippen LogP contribution in [0.15, 0.2) is 16.5 Å². The van der Waals surface area contributed by atoms with Gasteiger partial charge in [-0.1, -0.05) is 0 Å². The average molecular weight is 197 g/mol. The van der Waals surface area contributed by atoms with Gasteiger partial charge in [0.25, 0.3) is 0 Å². The molecule has 14 heavy (non-hydrogen) atoms. The fourth-order valence-corrected chi connectivity index (χ4v) is 1.49. The Hall–Kier alpha value is -0.800. The van der Waals surface area contributed by atoms with Crippen LogP contribution in [0.4, 0.5) is 0 Å². The first-order chi connectivity index (χ1) is 6.63. The van der Waals surface area contributed by atoms with E-state index in [4.69, 9.17) is 9.15 Å². The van der Waals surface area contributed by atoms with Gasteiger partial charge in [0, 0.05) is 13.2 Å². The zero-order valence-electron chi connectivity index (χ0n) is 9.33. The molecule has 0 aliphatic heterocycles. The van der Waals surface area contributed by atoms with Crippen LogP contribution >= 0.6 is 0 Å². The zero-order valence-corrected chi connectivity index (χ0v) is 9.33. The smallest absolute Gasteiger partial charge is 0.120 e. The molecular weight excluding hydrogens is 178 g/mol. The van der Waals surface area contributed by atoms with Gasteiger partial charge in [0.2, 0.25) is 0 Å². The summed E-state index contributed by atoms with van der Waals surface area (Å²) >= 11 is 0. The van der Waals surface area contributed by atoms with E-state index in [0.717, 1.165) is 11.5 Å². The SMILES string of the molecule is COC[C@H](C)N[C@@H](C)c1ccc(C)o1. The second-order valence-corrected chi connectivity index (χ2v) is 3.69. The second-order valence-electron chi connectivity index (χ2n) is 3.69. The molecule has 0 aromatic carbocycles. The predicted octanol–water partition coefficient (Wildman–Crippen LogP) is 2.27. The molecule has 0 fully saturated rings. The lowest BCUT2D eigenvalue weighted by atomic mass is 10.2. The molecule has 0 bridgehead atoms. The summed E-state index contributed by atoms with van der Waals surface area (Å²) in [5.41, 5.74) is 0. The van der Waals surface area contributed by atoms with Gasteiger partial charge in [-0.05, 0) is 32.9 Å². The van der Waals surface area contributed by atoms with Crippen molar-refractivity contribution in [2.75, 3.05) is 13.7 Å². The maximum Gasteiger partial charge on any atom is 0.120 e. The molecule has 0 spiro atoms. The number of rotatable bonds is 5. The van der Waals surface area contributed by atoms with E-state index < -0.39 is 0 Å². The third kappa shape index (κ3) is 3.16. The van der Waals surface area contributed by atoms with Crippen molar-refractivity contribution in [3.63, 3.8) is 0 Å². The highest BCUT2D eigenvalue weighted by molar-refractivity contribution is 5.08. The summed E-state index contributed by atoms with van der Waals surface area (Å²) in [6.07, 6.45) is 0. The van der Waals surface area contributed by atoms with Crippen molar-refractivity contribution in [2.24, 2.45) is 0 Å². The Morgan fingerprint density at radius 3 is 2.64 bits per heavy atom. The van der Waals surface area contributed by atoms with Gasteiger partial charge in [-0.2, -0.15) is 0 Å². The molecule has 0 radical (unpaired) electrons. The fourth-order valence-electron chi connectivity index (χ4n) is 1.49. The van der Waals surface area contributed by atoms with Crippen LogP contribution in [0.5, 0.6) is 0 Å². The fraction of sp³-hybridized carbons (Fsp3) is 0.636. The minimum absolute atomic E-state index is 0.230. The number of hydrogen-bond acceptors (Lipinski definition) is 3. The summed E-state index contributed by atoms with van der Waals surface area (Å²) in [5.74, 6) is 1.93. The summed E-state index contributed by atoms with van der Waals surface area (Å²) in [7, 11) is 1.71. The van der Waals surface area contributed by atoms with E-state index in [1.165, 1.54) is 0 Å².